The Morgan fingerprint density at radius 1 is 0.379 bits per heavy atom. The Bertz CT molecular complexity index is 2980. The van der Waals surface area contributed by atoms with E-state index in [-0.39, 0.29) is 0 Å². The van der Waals surface area contributed by atoms with Crippen LogP contribution >= 0.6 is 23.5 Å². The Balaban J connectivity index is 1.13. The van der Waals surface area contributed by atoms with E-state index in [1.165, 1.54) is 23.5 Å². The van der Waals surface area contributed by atoms with Crippen LogP contribution in [0.3, 0.4) is 0 Å². The first kappa shape index (κ1) is 35.9. The minimum Gasteiger partial charge on any atom is -0.310 e. The van der Waals surface area contributed by atoms with Gasteiger partial charge in [0, 0.05) is 41.8 Å². The second-order valence-corrected chi connectivity index (χ2v) is 22.1. The van der Waals surface area contributed by atoms with Crippen molar-refractivity contribution in [2.45, 2.75) is 77.7 Å². The maximum absolute atomic E-state index is 13.8. The molecule has 0 saturated heterocycles. The van der Waals surface area contributed by atoms with Crippen LogP contribution in [0.2, 0.25) is 0 Å². The smallest absolute Gasteiger partial charge is 0.208 e. The van der Waals surface area contributed by atoms with E-state index >= 15 is 0 Å². The van der Waals surface area contributed by atoms with Gasteiger partial charge in [-0.15, -0.1) is 0 Å². The first-order valence-corrected chi connectivity index (χ1v) is 23.7. The summed E-state index contributed by atoms with van der Waals surface area (Å²) < 4.78 is 55.4. The summed E-state index contributed by atoms with van der Waals surface area (Å²) in [5.74, 6) is 0. The van der Waals surface area contributed by atoms with Crippen molar-refractivity contribution in [1.82, 2.24) is 0 Å². The lowest BCUT2D eigenvalue weighted by Gasteiger charge is -2.47. The van der Waals surface area contributed by atoms with Gasteiger partial charge in [0.2, 0.25) is 19.7 Å². The van der Waals surface area contributed by atoms with Crippen molar-refractivity contribution >= 4 is 77.3 Å². The van der Waals surface area contributed by atoms with Gasteiger partial charge in [0.25, 0.3) is 0 Å². The molecule has 11 rings (SSSR count). The molecule has 4 heterocycles. The molecule has 0 radical (unpaired) electrons. The van der Waals surface area contributed by atoms with Gasteiger partial charge in [-0.3, -0.25) is 0 Å². The molecule has 4 aliphatic rings. The first-order chi connectivity index (χ1) is 27.8. The van der Waals surface area contributed by atoms with Gasteiger partial charge in [-0.1, -0.05) is 112 Å². The summed E-state index contributed by atoms with van der Waals surface area (Å²) in [5, 5.41) is 0. The minimum absolute atomic E-state index is 0.323. The second-order valence-electron chi connectivity index (χ2n) is 16.2. The van der Waals surface area contributed by atoms with Crippen molar-refractivity contribution in [2.75, 3.05) is 9.80 Å². The van der Waals surface area contributed by atoms with E-state index in [9.17, 15) is 16.8 Å². The maximum Gasteiger partial charge on any atom is 0.208 e. The third-order valence-corrected chi connectivity index (χ3v) is 18.8. The lowest BCUT2D eigenvalue weighted by molar-refractivity contribution is 0.589. The summed E-state index contributed by atoms with van der Waals surface area (Å²) in [6, 6.07) is 47.5. The summed E-state index contributed by atoms with van der Waals surface area (Å²) in [7, 11) is -7.37. The van der Waals surface area contributed by atoms with Crippen molar-refractivity contribution in [3.8, 4) is 0 Å². The van der Waals surface area contributed by atoms with Crippen LogP contribution in [0.5, 0.6) is 0 Å². The Hall–Kier alpha value is -5.26. The number of rotatable bonds is 2. The van der Waals surface area contributed by atoms with E-state index in [1.807, 2.05) is 48.5 Å². The molecule has 7 aromatic rings. The number of nitrogens with zero attached hydrogens (tertiary/aromatic N) is 2. The van der Waals surface area contributed by atoms with Gasteiger partial charge in [0.15, 0.2) is 0 Å². The van der Waals surface area contributed by atoms with Crippen molar-refractivity contribution in [1.29, 1.82) is 0 Å². The molecule has 286 valence electrons. The van der Waals surface area contributed by atoms with Gasteiger partial charge >= 0.3 is 0 Å². The van der Waals surface area contributed by atoms with Gasteiger partial charge in [-0.2, -0.15) is 0 Å². The summed E-state index contributed by atoms with van der Waals surface area (Å²) >= 11 is 2.98. The summed E-state index contributed by atoms with van der Waals surface area (Å²) in [4.78, 5) is 8.78. The molecular formula is C48H36N2O4S4. The SMILES string of the molecule is CC1(C)c2ccccc2N(c2ccc3c(c2)Sc2ccccc2S3(=O)=O)c2cc3c(cc21)N(c1ccc2c(c1)Sc1ccccc1S2(=O)=O)c1ccccc1C3(C)C. The molecule has 4 aliphatic heterocycles. The molecule has 0 fully saturated rings. The molecule has 0 aromatic heterocycles. The molecule has 7 aromatic carbocycles. The Morgan fingerprint density at radius 3 is 1.17 bits per heavy atom. The quantitative estimate of drug-likeness (QED) is 0.170. The molecular weight excluding hydrogens is 797 g/mol. The van der Waals surface area contributed by atoms with Crippen LogP contribution in [0.1, 0.15) is 49.9 Å². The zero-order valence-electron chi connectivity index (χ0n) is 32.0. The number of benzene rings is 7. The molecule has 0 amide bonds. The number of fused-ring (bicyclic) bond motifs is 8. The van der Waals surface area contributed by atoms with Gasteiger partial charge in [-0.05, 0) is 107 Å². The van der Waals surface area contributed by atoms with E-state index in [2.05, 4.69) is 98.2 Å². The fraction of sp³-hybridized carbons (Fsp3) is 0.125. The summed E-state index contributed by atoms with van der Waals surface area (Å²) in [5.41, 5.74) is 9.63. The molecule has 0 N–H and O–H groups in total. The Labute approximate surface area is 347 Å². The number of sulfone groups is 2. The highest BCUT2D eigenvalue weighted by Gasteiger charge is 2.44. The van der Waals surface area contributed by atoms with Crippen molar-refractivity contribution < 1.29 is 16.8 Å². The molecule has 0 unspecified atom stereocenters. The zero-order chi connectivity index (χ0) is 39.9. The van der Waals surface area contributed by atoms with E-state index in [1.54, 1.807) is 36.4 Å². The molecule has 0 bridgehead atoms. The normalized spacial score (nSPS) is 17.9. The van der Waals surface area contributed by atoms with Gasteiger partial charge in [0.1, 0.15) is 0 Å². The fourth-order valence-electron chi connectivity index (χ4n) is 9.31. The third kappa shape index (κ3) is 4.86. The Morgan fingerprint density at radius 2 is 0.741 bits per heavy atom. The lowest BCUT2D eigenvalue weighted by Crippen LogP contribution is -2.35. The molecule has 58 heavy (non-hydrogen) atoms. The van der Waals surface area contributed by atoms with Crippen LogP contribution in [-0.2, 0) is 30.5 Å². The molecule has 0 spiro atoms. The highest BCUT2D eigenvalue weighted by atomic mass is 32.2. The Kier molecular flexibility index (Phi) is 7.51. The van der Waals surface area contributed by atoms with Gasteiger partial charge in [-0.25, -0.2) is 16.8 Å². The first-order valence-electron chi connectivity index (χ1n) is 19.1. The van der Waals surface area contributed by atoms with Crippen molar-refractivity contribution in [3.63, 3.8) is 0 Å². The predicted octanol–water partition coefficient (Wildman–Crippen LogP) is 12.5. The molecule has 6 nitrogen and oxygen atoms in total. The van der Waals surface area contributed by atoms with Crippen LogP contribution in [0, 0.1) is 0 Å². The third-order valence-electron chi connectivity index (χ3n) is 12.2. The monoisotopic (exact) mass is 832 g/mol. The number of anilines is 6. The largest absolute Gasteiger partial charge is 0.310 e. The van der Waals surface area contributed by atoms with Crippen LogP contribution < -0.4 is 9.80 Å². The van der Waals surface area contributed by atoms with Crippen LogP contribution in [0.15, 0.2) is 185 Å². The minimum atomic E-state index is -3.68. The van der Waals surface area contributed by atoms with Crippen LogP contribution in [0.25, 0.3) is 0 Å². The molecule has 10 heteroatoms. The topological polar surface area (TPSA) is 74.8 Å². The highest BCUT2D eigenvalue weighted by Crippen LogP contribution is 2.60. The van der Waals surface area contributed by atoms with E-state index in [4.69, 9.17) is 0 Å². The average Bonchev–Trinajstić information content (AvgIpc) is 3.21. The lowest BCUT2D eigenvalue weighted by atomic mass is 9.69. The predicted molar refractivity (Wildman–Crippen MR) is 232 cm³/mol. The molecule has 0 saturated carbocycles. The van der Waals surface area contributed by atoms with E-state index in [0.717, 1.165) is 66.2 Å². The highest BCUT2D eigenvalue weighted by molar-refractivity contribution is 8.02. The van der Waals surface area contributed by atoms with Crippen LogP contribution in [-0.4, -0.2) is 16.8 Å². The molecule has 0 aliphatic carbocycles. The van der Waals surface area contributed by atoms with E-state index in [0.29, 0.717) is 29.4 Å². The summed E-state index contributed by atoms with van der Waals surface area (Å²) in [6.07, 6.45) is 0. The zero-order valence-corrected chi connectivity index (χ0v) is 35.3. The standard InChI is InChI=1S/C48H36N2O4S4/c1-47(2)31-13-5-7-15-35(31)49(29-21-23-45-41(25-29)55-39-17-9-11-19-43(39)57(45,51)52)37-28-34-38(27-33(37)47)50(36-16-8-6-14-32(36)48(34,3)4)30-22-24-46-42(26-30)56-40-18-10-12-20-44(40)58(46,53)54/h5-28H,1-4H3. The van der Waals surface area contributed by atoms with Crippen LogP contribution in [0.4, 0.5) is 34.1 Å². The number of para-hydroxylation sites is 2. The second kappa shape index (κ2) is 12.1. The van der Waals surface area contributed by atoms with E-state index < -0.39 is 30.5 Å². The van der Waals surface area contributed by atoms with Crippen molar-refractivity contribution in [3.05, 3.63) is 168 Å². The van der Waals surface area contributed by atoms with Gasteiger partial charge < -0.3 is 9.80 Å². The number of hydrogen-bond acceptors (Lipinski definition) is 8. The van der Waals surface area contributed by atoms with Gasteiger partial charge in [0.05, 0.1) is 42.3 Å². The van der Waals surface area contributed by atoms with Crippen molar-refractivity contribution in [2.24, 2.45) is 0 Å². The summed E-state index contributed by atoms with van der Waals surface area (Å²) in [6.45, 7) is 9.07. The fourth-order valence-corrected chi connectivity index (χ4v) is 15.7. The average molecular weight is 833 g/mol. The number of hydrogen-bond donors (Lipinski definition) is 0. The maximum atomic E-state index is 13.8. The molecule has 0 atom stereocenters.